The number of amides is 1. The van der Waals surface area contributed by atoms with Gasteiger partial charge in [0.25, 0.3) is 5.91 Å². The van der Waals surface area contributed by atoms with Crippen LogP contribution in [0.1, 0.15) is 49.0 Å². The van der Waals surface area contributed by atoms with Crippen molar-refractivity contribution in [3.05, 3.63) is 48.2 Å². The van der Waals surface area contributed by atoms with E-state index in [2.05, 4.69) is 20.6 Å². The highest BCUT2D eigenvalue weighted by Crippen LogP contribution is 2.18. The van der Waals surface area contributed by atoms with Crippen LogP contribution in [0.25, 0.3) is 0 Å². The van der Waals surface area contributed by atoms with Gasteiger partial charge in [-0.2, -0.15) is 0 Å². The van der Waals surface area contributed by atoms with Gasteiger partial charge in [-0.1, -0.05) is 25.7 Å². The summed E-state index contributed by atoms with van der Waals surface area (Å²) in [6.45, 7) is 0. The molecule has 126 valence electrons. The highest BCUT2D eigenvalue weighted by molar-refractivity contribution is 5.92. The molecule has 1 aliphatic rings. The molecule has 3 rings (SSSR count). The van der Waals surface area contributed by atoms with Crippen LogP contribution in [-0.4, -0.2) is 21.9 Å². The maximum absolute atomic E-state index is 12.9. The third-order valence-corrected chi connectivity index (χ3v) is 4.19. The molecule has 1 aromatic carbocycles. The van der Waals surface area contributed by atoms with Gasteiger partial charge in [-0.25, -0.2) is 14.4 Å². The summed E-state index contributed by atoms with van der Waals surface area (Å²) in [4.78, 5) is 20.6. The monoisotopic (exact) mass is 328 g/mol. The lowest BCUT2D eigenvalue weighted by Gasteiger charge is -2.15. The Balaban J connectivity index is 1.58. The predicted molar refractivity (Wildman–Crippen MR) is 90.7 cm³/mol. The summed E-state index contributed by atoms with van der Waals surface area (Å²) in [5.41, 5.74) is 1.02. The number of aromatic nitrogens is 2. The molecule has 0 unspecified atom stereocenters. The molecule has 24 heavy (non-hydrogen) atoms. The zero-order valence-electron chi connectivity index (χ0n) is 13.5. The first-order valence-corrected chi connectivity index (χ1v) is 8.36. The van der Waals surface area contributed by atoms with Gasteiger partial charge in [-0.15, -0.1) is 0 Å². The third kappa shape index (κ3) is 4.50. The van der Waals surface area contributed by atoms with E-state index in [4.69, 9.17) is 0 Å². The lowest BCUT2D eigenvalue weighted by atomic mass is 10.1. The summed E-state index contributed by atoms with van der Waals surface area (Å²) in [5, 5.41) is 6.06. The third-order valence-electron chi connectivity index (χ3n) is 4.19. The molecule has 1 aliphatic carbocycles. The molecular weight excluding hydrogens is 307 g/mol. The van der Waals surface area contributed by atoms with E-state index in [1.165, 1.54) is 37.4 Å². The van der Waals surface area contributed by atoms with E-state index in [-0.39, 0.29) is 17.8 Å². The number of rotatable bonds is 4. The smallest absolute Gasteiger partial charge is 0.271 e. The molecule has 0 spiro atoms. The summed E-state index contributed by atoms with van der Waals surface area (Å²) in [6, 6.07) is 6.20. The second kappa shape index (κ2) is 7.86. The number of carbonyl (C=O) groups is 1. The fourth-order valence-electron chi connectivity index (χ4n) is 2.87. The lowest BCUT2D eigenvalue weighted by molar-refractivity contribution is 0.0928. The first-order chi connectivity index (χ1) is 11.7. The molecule has 2 N–H and O–H groups in total. The Hall–Kier alpha value is -2.50. The summed E-state index contributed by atoms with van der Waals surface area (Å²) in [6.07, 6.45) is 9.84. The fourth-order valence-corrected chi connectivity index (χ4v) is 2.87. The largest absolute Gasteiger partial charge is 0.348 e. The second-order valence-corrected chi connectivity index (χ2v) is 6.08. The highest BCUT2D eigenvalue weighted by atomic mass is 19.1. The zero-order valence-corrected chi connectivity index (χ0v) is 13.5. The van der Waals surface area contributed by atoms with Gasteiger partial charge in [0, 0.05) is 11.7 Å². The number of nitrogens with one attached hydrogen (secondary N) is 2. The molecule has 0 radical (unpaired) electrons. The number of carbonyl (C=O) groups excluding carboxylic acids is 1. The molecule has 2 aromatic rings. The predicted octanol–water partition coefficient (Wildman–Crippen LogP) is 3.81. The molecule has 0 saturated heterocycles. The minimum absolute atomic E-state index is 0.178. The number of hydrogen-bond donors (Lipinski definition) is 2. The molecular formula is C18H21FN4O. The van der Waals surface area contributed by atoms with Crippen molar-refractivity contribution in [1.29, 1.82) is 0 Å². The lowest BCUT2D eigenvalue weighted by Crippen LogP contribution is -2.34. The van der Waals surface area contributed by atoms with Crippen molar-refractivity contribution in [3.63, 3.8) is 0 Å². The molecule has 1 amide bonds. The molecule has 5 nitrogen and oxygen atoms in total. The van der Waals surface area contributed by atoms with Crippen LogP contribution in [0.4, 0.5) is 15.9 Å². The highest BCUT2D eigenvalue weighted by Gasteiger charge is 2.16. The molecule has 6 heteroatoms. The van der Waals surface area contributed by atoms with Crippen molar-refractivity contribution < 1.29 is 9.18 Å². The molecule has 0 atom stereocenters. The number of benzene rings is 1. The van der Waals surface area contributed by atoms with Gasteiger partial charge in [0.1, 0.15) is 17.3 Å². The Labute approximate surface area is 140 Å². The van der Waals surface area contributed by atoms with Crippen LogP contribution in [0.2, 0.25) is 0 Å². The Bertz CT molecular complexity index is 664. The van der Waals surface area contributed by atoms with E-state index in [0.717, 1.165) is 25.7 Å². The van der Waals surface area contributed by atoms with E-state index < -0.39 is 0 Å². The normalized spacial score (nSPS) is 15.5. The zero-order chi connectivity index (χ0) is 16.8. The van der Waals surface area contributed by atoms with Crippen molar-refractivity contribution in [1.82, 2.24) is 15.3 Å². The molecule has 1 fully saturated rings. The molecule has 1 aromatic heterocycles. The van der Waals surface area contributed by atoms with Crippen LogP contribution in [-0.2, 0) is 0 Å². The van der Waals surface area contributed by atoms with Gasteiger partial charge >= 0.3 is 0 Å². The quantitative estimate of drug-likeness (QED) is 0.838. The number of hydrogen-bond acceptors (Lipinski definition) is 4. The van der Waals surface area contributed by atoms with Gasteiger partial charge < -0.3 is 10.6 Å². The Kier molecular flexibility index (Phi) is 5.36. The van der Waals surface area contributed by atoms with E-state index in [9.17, 15) is 9.18 Å². The van der Waals surface area contributed by atoms with E-state index >= 15 is 0 Å². The number of halogens is 1. The van der Waals surface area contributed by atoms with E-state index in [1.807, 2.05) is 0 Å². The van der Waals surface area contributed by atoms with Crippen molar-refractivity contribution >= 4 is 17.4 Å². The number of anilines is 2. The molecule has 1 heterocycles. The Morgan fingerprint density at radius 3 is 2.33 bits per heavy atom. The molecule has 0 bridgehead atoms. The number of nitrogens with zero attached hydrogens (tertiary/aromatic N) is 2. The van der Waals surface area contributed by atoms with Gasteiger partial charge in [0.05, 0.1) is 12.4 Å². The topological polar surface area (TPSA) is 66.9 Å². The Morgan fingerprint density at radius 1 is 1.00 bits per heavy atom. The first-order valence-electron chi connectivity index (χ1n) is 8.36. The van der Waals surface area contributed by atoms with Crippen LogP contribution >= 0.6 is 0 Å². The van der Waals surface area contributed by atoms with Crippen LogP contribution < -0.4 is 10.6 Å². The van der Waals surface area contributed by atoms with Crippen LogP contribution in [0.15, 0.2) is 36.7 Å². The first kappa shape index (κ1) is 16.4. The second-order valence-electron chi connectivity index (χ2n) is 6.08. The van der Waals surface area contributed by atoms with Crippen LogP contribution in [0.5, 0.6) is 0 Å². The van der Waals surface area contributed by atoms with Gasteiger partial charge in [0.15, 0.2) is 0 Å². The molecule has 1 saturated carbocycles. The maximum atomic E-state index is 12.9. The van der Waals surface area contributed by atoms with Crippen molar-refractivity contribution in [2.24, 2.45) is 0 Å². The van der Waals surface area contributed by atoms with Crippen LogP contribution in [0.3, 0.4) is 0 Å². The minimum atomic E-state index is -0.294. The summed E-state index contributed by atoms with van der Waals surface area (Å²) in [5.74, 6) is 0.0347. The average Bonchev–Trinajstić information content (AvgIpc) is 2.86. The Morgan fingerprint density at radius 2 is 1.71 bits per heavy atom. The van der Waals surface area contributed by atoms with E-state index in [1.54, 1.807) is 12.1 Å². The molecule has 0 aliphatic heterocycles. The van der Waals surface area contributed by atoms with Crippen molar-refractivity contribution in [2.45, 2.75) is 44.6 Å². The SMILES string of the molecule is O=C(NC1CCCCCC1)c1cnc(Nc2ccc(F)cc2)cn1. The van der Waals surface area contributed by atoms with Gasteiger partial charge in [-0.3, -0.25) is 4.79 Å². The summed E-state index contributed by atoms with van der Waals surface area (Å²) < 4.78 is 12.9. The van der Waals surface area contributed by atoms with E-state index in [0.29, 0.717) is 17.2 Å². The van der Waals surface area contributed by atoms with Crippen molar-refractivity contribution in [2.75, 3.05) is 5.32 Å². The standard InChI is InChI=1S/C18H21FN4O/c19-13-7-9-15(10-8-13)22-17-12-20-16(11-21-17)18(24)23-14-5-3-1-2-4-6-14/h7-12,14H,1-6H2,(H,21,22)(H,23,24). The maximum Gasteiger partial charge on any atom is 0.271 e. The average molecular weight is 328 g/mol. The fraction of sp³-hybridized carbons (Fsp3) is 0.389. The van der Waals surface area contributed by atoms with Crippen molar-refractivity contribution in [3.8, 4) is 0 Å². The van der Waals surface area contributed by atoms with Gasteiger partial charge in [0.2, 0.25) is 0 Å². The summed E-state index contributed by atoms with van der Waals surface area (Å²) in [7, 11) is 0. The minimum Gasteiger partial charge on any atom is -0.348 e. The van der Waals surface area contributed by atoms with Crippen LogP contribution in [0, 0.1) is 5.82 Å². The summed E-state index contributed by atoms with van der Waals surface area (Å²) >= 11 is 0. The van der Waals surface area contributed by atoms with Gasteiger partial charge in [-0.05, 0) is 37.1 Å².